The summed E-state index contributed by atoms with van der Waals surface area (Å²) >= 11 is 0. The molecule has 0 radical (unpaired) electrons. The Balaban J connectivity index is -0.0000000262. The lowest BCUT2D eigenvalue weighted by molar-refractivity contribution is -0.126. The van der Waals surface area contributed by atoms with Gasteiger partial charge in [0, 0.05) is 0 Å². The van der Waals surface area contributed by atoms with E-state index in [0.717, 1.165) is 0 Å². The highest BCUT2D eigenvalue weighted by Crippen LogP contribution is 1.35. The fraction of sp³-hybridized carbons (Fsp3) is 0.714. The molecule has 3 nitrogen and oxygen atoms in total. The maximum absolute atomic E-state index is 8.95. The molecule has 0 bridgehead atoms. The predicted molar refractivity (Wildman–Crippen MR) is 42.9 cm³/mol. The molecule has 10 heavy (non-hydrogen) atoms. The largest absolute Gasteiger partial charge is 0.471 e. The molecule has 0 aromatic rings. The molecule has 0 saturated heterocycles. The first-order valence-electron chi connectivity index (χ1n) is 3.17. The molecule has 0 rings (SSSR count). The van der Waals surface area contributed by atoms with Crippen molar-refractivity contribution in [1.29, 1.82) is 0 Å². The summed E-state index contributed by atoms with van der Waals surface area (Å²) in [5.74, 6) is 0. The van der Waals surface area contributed by atoms with Crippen molar-refractivity contribution in [2.24, 2.45) is 0 Å². The van der Waals surface area contributed by atoms with Crippen molar-refractivity contribution < 1.29 is 14.3 Å². The molecule has 0 aliphatic heterocycles. The van der Waals surface area contributed by atoms with Crippen LogP contribution in [0.4, 0.5) is 0 Å². The zero-order chi connectivity index (χ0) is 9.41. The molecule has 0 unspecified atom stereocenters. The Morgan fingerprint density at radius 1 is 1.10 bits per heavy atom. The van der Waals surface area contributed by atoms with Crippen molar-refractivity contribution in [3.8, 4) is 0 Å². The molecule has 0 heterocycles. The quantitative estimate of drug-likeness (QED) is 0.534. The van der Waals surface area contributed by atoms with Gasteiger partial charge in [0.2, 0.25) is 0 Å². The average molecular weight is 150 g/mol. The highest BCUT2D eigenvalue weighted by atomic mass is 16.5. The van der Waals surface area contributed by atoms with Crippen molar-refractivity contribution in [1.82, 2.24) is 0 Å². The Morgan fingerprint density at radius 2 is 1.20 bits per heavy atom. The number of carbonyl (C=O) groups is 2. The van der Waals surface area contributed by atoms with E-state index < -0.39 is 0 Å². The molecule has 0 aromatic heterocycles. The lowest BCUT2D eigenvalue weighted by atomic mass is 11.0. The van der Waals surface area contributed by atoms with Gasteiger partial charge in [-0.25, -0.2) is 0 Å². The summed E-state index contributed by atoms with van der Waals surface area (Å²) in [6, 6.07) is 0. The van der Waals surface area contributed by atoms with Crippen LogP contribution in [0.3, 0.4) is 0 Å². The molecule has 0 amide bonds. The highest BCUT2D eigenvalue weighted by molar-refractivity contribution is 5.36. The topological polar surface area (TPSA) is 43.4 Å². The number of ether oxygens (including phenoxy) is 1. The second-order valence-corrected chi connectivity index (χ2v) is 0.332. The standard InChI is InChI=1S/C2H4O2.2C2H6.CH2O/c1-4-2-3;3*1-2/h2H,1H3;2*1-2H3;1H2. The van der Waals surface area contributed by atoms with Gasteiger partial charge in [-0.1, -0.05) is 27.7 Å². The minimum atomic E-state index is 0.375. The van der Waals surface area contributed by atoms with E-state index in [-0.39, 0.29) is 0 Å². The Morgan fingerprint density at radius 3 is 1.20 bits per heavy atom. The summed E-state index contributed by atoms with van der Waals surface area (Å²) in [6.07, 6.45) is 0. The summed E-state index contributed by atoms with van der Waals surface area (Å²) < 4.78 is 3.86. The van der Waals surface area contributed by atoms with E-state index in [4.69, 9.17) is 9.59 Å². The van der Waals surface area contributed by atoms with Crippen molar-refractivity contribution in [2.45, 2.75) is 27.7 Å². The lowest BCUT2D eigenvalue weighted by Gasteiger charge is -1.67. The molecule has 0 aliphatic rings. The maximum Gasteiger partial charge on any atom is 0.292 e. The molecular formula is C7H18O3. The van der Waals surface area contributed by atoms with Crippen LogP contribution in [0.5, 0.6) is 0 Å². The Hall–Kier alpha value is -0.860. The molecule has 0 spiro atoms. The zero-order valence-corrected chi connectivity index (χ0v) is 7.51. The fourth-order valence-electron chi connectivity index (χ4n) is 0. The van der Waals surface area contributed by atoms with Gasteiger partial charge in [0.15, 0.2) is 0 Å². The van der Waals surface area contributed by atoms with Gasteiger partial charge in [0.25, 0.3) is 6.47 Å². The summed E-state index contributed by atoms with van der Waals surface area (Å²) in [5.41, 5.74) is 0. The first-order valence-corrected chi connectivity index (χ1v) is 3.17. The zero-order valence-electron chi connectivity index (χ0n) is 7.51. The second kappa shape index (κ2) is 319. The van der Waals surface area contributed by atoms with Crippen LogP contribution in [0.25, 0.3) is 0 Å². The maximum atomic E-state index is 8.95. The van der Waals surface area contributed by atoms with Crippen molar-refractivity contribution in [3.63, 3.8) is 0 Å². The third kappa shape index (κ3) is 13700. The third-order valence-electron chi connectivity index (χ3n) is 0.0962. The van der Waals surface area contributed by atoms with E-state index in [2.05, 4.69) is 4.74 Å². The molecular weight excluding hydrogens is 132 g/mol. The summed E-state index contributed by atoms with van der Waals surface area (Å²) in [6.45, 7) is 10.4. The SMILES string of the molecule is C=O.CC.CC.COC=O. The minimum Gasteiger partial charge on any atom is -0.471 e. The van der Waals surface area contributed by atoms with Crippen LogP contribution in [-0.4, -0.2) is 20.4 Å². The summed E-state index contributed by atoms with van der Waals surface area (Å²) in [5, 5.41) is 0. The Bertz CT molecular complexity index is 30.0. The molecule has 0 fully saturated rings. The van der Waals surface area contributed by atoms with Crippen LogP contribution in [0.15, 0.2) is 0 Å². The van der Waals surface area contributed by atoms with Gasteiger partial charge < -0.3 is 9.53 Å². The van der Waals surface area contributed by atoms with Crippen LogP contribution in [-0.2, 0) is 14.3 Å². The van der Waals surface area contributed by atoms with Crippen LogP contribution in [0.1, 0.15) is 27.7 Å². The van der Waals surface area contributed by atoms with E-state index in [1.54, 1.807) is 0 Å². The first-order chi connectivity index (χ1) is 4.91. The summed E-state index contributed by atoms with van der Waals surface area (Å²) in [7, 11) is 1.31. The number of rotatable bonds is 1. The van der Waals surface area contributed by atoms with Gasteiger partial charge in [0.05, 0.1) is 7.11 Å². The van der Waals surface area contributed by atoms with Crippen molar-refractivity contribution in [2.75, 3.05) is 7.11 Å². The smallest absolute Gasteiger partial charge is 0.292 e. The van der Waals surface area contributed by atoms with Crippen molar-refractivity contribution >= 4 is 13.3 Å². The monoisotopic (exact) mass is 150 g/mol. The highest BCUT2D eigenvalue weighted by Gasteiger charge is 1.44. The molecule has 0 atom stereocenters. The first kappa shape index (κ1) is 22.9. The molecule has 0 N–H and O–H groups in total. The lowest BCUT2D eigenvalue weighted by Crippen LogP contribution is -1.68. The molecule has 0 saturated carbocycles. The Labute approximate surface area is 63.4 Å². The van der Waals surface area contributed by atoms with Crippen LogP contribution in [0.2, 0.25) is 0 Å². The van der Waals surface area contributed by atoms with Gasteiger partial charge in [-0.15, -0.1) is 0 Å². The molecule has 0 aromatic carbocycles. The van der Waals surface area contributed by atoms with E-state index in [1.165, 1.54) is 7.11 Å². The van der Waals surface area contributed by atoms with Gasteiger partial charge in [-0.3, -0.25) is 4.79 Å². The van der Waals surface area contributed by atoms with Crippen molar-refractivity contribution in [3.05, 3.63) is 0 Å². The predicted octanol–water partition coefficient (Wildman–Crippen LogP) is 1.66. The molecule has 64 valence electrons. The van der Waals surface area contributed by atoms with Gasteiger partial charge in [-0.2, -0.15) is 0 Å². The normalized spacial score (nSPS) is 3.70. The average Bonchev–Trinajstić information content (AvgIpc) is 2.14. The van der Waals surface area contributed by atoms with Gasteiger partial charge in [-0.05, 0) is 0 Å². The number of hydrogen-bond donors (Lipinski definition) is 0. The third-order valence-corrected chi connectivity index (χ3v) is 0.0962. The Kier molecular flexibility index (Phi) is 732. The fourth-order valence-corrected chi connectivity index (χ4v) is 0. The summed E-state index contributed by atoms with van der Waals surface area (Å²) in [4.78, 5) is 17.0. The van der Waals surface area contributed by atoms with E-state index in [1.807, 2.05) is 34.5 Å². The van der Waals surface area contributed by atoms with E-state index >= 15 is 0 Å². The number of carbonyl (C=O) groups excluding carboxylic acids is 2. The van der Waals surface area contributed by atoms with Gasteiger partial charge >= 0.3 is 0 Å². The van der Waals surface area contributed by atoms with Crippen LogP contribution >= 0.6 is 0 Å². The minimum absolute atomic E-state index is 0.375. The van der Waals surface area contributed by atoms with E-state index in [9.17, 15) is 0 Å². The second-order valence-electron chi connectivity index (χ2n) is 0.332. The van der Waals surface area contributed by atoms with Crippen LogP contribution < -0.4 is 0 Å². The number of methoxy groups -OCH3 is 1. The molecule has 3 heteroatoms. The number of hydrogen-bond acceptors (Lipinski definition) is 3. The van der Waals surface area contributed by atoms with E-state index in [0.29, 0.717) is 6.47 Å². The molecule has 0 aliphatic carbocycles. The van der Waals surface area contributed by atoms with Gasteiger partial charge in [0.1, 0.15) is 6.79 Å². The van der Waals surface area contributed by atoms with Crippen LogP contribution in [0, 0.1) is 0 Å².